The Morgan fingerprint density at radius 2 is 2.05 bits per heavy atom. The van der Waals surface area contributed by atoms with Crippen LogP contribution in [0.3, 0.4) is 0 Å². The van der Waals surface area contributed by atoms with Crippen molar-refractivity contribution in [1.29, 1.82) is 0 Å². The molecule has 1 aromatic heterocycles. The van der Waals surface area contributed by atoms with Crippen molar-refractivity contribution in [2.75, 3.05) is 12.4 Å². The maximum atomic E-state index is 12.1. The van der Waals surface area contributed by atoms with E-state index in [1.807, 2.05) is 24.3 Å². The molecule has 4 nitrogen and oxygen atoms in total. The maximum absolute atomic E-state index is 12.1. The number of aryl methyl sites for hydroxylation is 1. The molecule has 0 fully saturated rings. The van der Waals surface area contributed by atoms with E-state index in [0.717, 1.165) is 17.7 Å². The van der Waals surface area contributed by atoms with Crippen LogP contribution in [0.25, 0.3) is 0 Å². The van der Waals surface area contributed by atoms with Crippen LogP contribution in [0.4, 0.5) is 5.69 Å². The monoisotopic (exact) mass is 259 g/mol. The second kappa shape index (κ2) is 6.20. The van der Waals surface area contributed by atoms with Crippen molar-refractivity contribution in [3.05, 3.63) is 53.5 Å². The number of benzene rings is 1. The molecule has 1 N–H and O–H groups in total. The summed E-state index contributed by atoms with van der Waals surface area (Å²) in [7, 11) is 1.58. The van der Waals surface area contributed by atoms with E-state index in [1.165, 1.54) is 0 Å². The Kier molecular flexibility index (Phi) is 4.36. The molecule has 1 heterocycles. The molecule has 0 saturated heterocycles. The average Bonchev–Trinajstić information content (AvgIpc) is 2.88. The maximum Gasteiger partial charge on any atom is 0.291 e. The Hall–Kier alpha value is -2.07. The lowest BCUT2D eigenvalue weighted by Crippen LogP contribution is -2.12. The van der Waals surface area contributed by atoms with E-state index < -0.39 is 0 Å². The zero-order valence-corrected chi connectivity index (χ0v) is 11.1. The van der Waals surface area contributed by atoms with Gasteiger partial charge in [0.1, 0.15) is 12.4 Å². The summed E-state index contributed by atoms with van der Waals surface area (Å²) >= 11 is 0. The number of amides is 1. The number of hydrogen-bond donors (Lipinski definition) is 1. The normalized spacial score (nSPS) is 10.4. The minimum atomic E-state index is -0.247. The average molecular weight is 259 g/mol. The number of carbonyl (C=O) groups excluding carboxylic acids is 1. The minimum absolute atomic E-state index is 0.247. The van der Waals surface area contributed by atoms with Crippen molar-refractivity contribution in [1.82, 2.24) is 0 Å². The highest BCUT2D eigenvalue weighted by Gasteiger charge is 2.12. The third-order valence-corrected chi connectivity index (χ3v) is 2.82. The highest BCUT2D eigenvalue weighted by Crippen LogP contribution is 2.17. The van der Waals surface area contributed by atoms with Crippen molar-refractivity contribution in [3.63, 3.8) is 0 Å². The van der Waals surface area contributed by atoms with Gasteiger partial charge >= 0.3 is 0 Å². The fourth-order valence-electron chi connectivity index (χ4n) is 1.85. The molecule has 0 aliphatic carbocycles. The van der Waals surface area contributed by atoms with E-state index in [9.17, 15) is 4.79 Å². The van der Waals surface area contributed by atoms with Gasteiger partial charge in [-0.2, -0.15) is 0 Å². The van der Waals surface area contributed by atoms with Gasteiger partial charge in [0.25, 0.3) is 5.91 Å². The largest absolute Gasteiger partial charge is 0.453 e. The highest BCUT2D eigenvalue weighted by molar-refractivity contribution is 6.02. The van der Waals surface area contributed by atoms with Gasteiger partial charge in [0.15, 0.2) is 5.76 Å². The fraction of sp³-hybridized carbons (Fsp3) is 0.267. The fourth-order valence-corrected chi connectivity index (χ4v) is 1.85. The van der Waals surface area contributed by atoms with E-state index in [2.05, 4.69) is 12.2 Å². The zero-order valence-electron chi connectivity index (χ0n) is 11.1. The topological polar surface area (TPSA) is 51.5 Å². The Morgan fingerprint density at radius 3 is 2.79 bits per heavy atom. The van der Waals surface area contributed by atoms with Crippen molar-refractivity contribution in [3.8, 4) is 0 Å². The molecule has 4 heteroatoms. The van der Waals surface area contributed by atoms with Gasteiger partial charge in [0.2, 0.25) is 0 Å². The number of para-hydroxylation sites is 1. The van der Waals surface area contributed by atoms with Crippen LogP contribution in [0.15, 0.2) is 40.8 Å². The first kappa shape index (κ1) is 13.4. The standard InChI is InChI=1S/C15H17NO3/c1-3-11-6-4-5-7-13(11)16-15(17)14-9-8-12(19-14)10-18-2/h4-9H,3,10H2,1-2H3,(H,16,17). The van der Waals surface area contributed by atoms with Gasteiger partial charge in [-0.05, 0) is 30.2 Å². The molecule has 0 radical (unpaired) electrons. The summed E-state index contributed by atoms with van der Waals surface area (Å²) in [6, 6.07) is 11.1. The predicted molar refractivity (Wildman–Crippen MR) is 73.2 cm³/mol. The summed E-state index contributed by atoms with van der Waals surface area (Å²) in [5.41, 5.74) is 1.92. The second-order valence-corrected chi connectivity index (χ2v) is 4.16. The number of carbonyl (C=O) groups is 1. The summed E-state index contributed by atoms with van der Waals surface area (Å²) in [5.74, 6) is 0.678. The summed E-state index contributed by atoms with van der Waals surface area (Å²) < 4.78 is 10.3. The quantitative estimate of drug-likeness (QED) is 0.896. The number of furan rings is 1. The molecule has 0 spiro atoms. The van der Waals surface area contributed by atoms with Crippen LogP contribution in [0.1, 0.15) is 28.8 Å². The summed E-state index contributed by atoms with van der Waals surface area (Å²) in [6.45, 7) is 2.41. The van der Waals surface area contributed by atoms with Crippen molar-refractivity contribution in [2.24, 2.45) is 0 Å². The molecular formula is C15H17NO3. The van der Waals surface area contributed by atoms with Gasteiger partial charge in [-0.1, -0.05) is 25.1 Å². The Bertz CT molecular complexity index is 560. The first-order valence-electron chi connectivity index (χ1n) is 6.21. The van der Waals surface area contributed by atoms with E-state index in [0.29, 0.717) is 12.4 Å². The Balaban J connectivity index is 2.11. The Morgan fingerprint density at radius 1 is 1.26 bits per heavy atom. The van der Waals surface area contributed by atoms with Crippen molar-refractivity contribution < 1.29 is 13.9 Å². The van der Waals surface area contributed by atoms with E-state index in [4.69, 9.17) is 9.15 Å². The van der Waals surface area contributed by atoms with Crippen LogP contribution in [-0.4, -0.2) is 13.0 Å². The number of ether oxygens (including phenoxy) is 1. The summed E-state index contributed by atoms with van der Waals surface area (Å²) in [6.07, 6.45) is 0.865. The summed E-state index contributed by atoms with van der Waals surface area (Å²) in [5, 5.41) is 2.86. The zero-order chi connectivity index (χ0) is 13.7. The summed E-state index contributed by atoms with van der Waals surface area (Å²) in [4.78, 5) is 12.1. The molecule has 0 saturated carbocycles. The number of hydrogen-bond acceptors (Lipinski definition) is 3. The van der Waals surface area contributed by atoms with Crippen LogP contribution in [-0.2, 0) is 17.8 Å². The van der Waals surface area contributed by atoms with Gasteiger partial charge in [0.05, 0.1) is 0 Å². The molecule has 0 atom stereocenters. The lowest BCUT2D eigenvalue weighted by molar-refractivity contribution is 0.0987. The molecule has 1 aromatic carbocycles. The molecule has 0 bridgehead atoms. The molecule has 0 aliphatic heterocycles. The first-order chi connectivity index (χ1) is 9.24. The second-order valence-electron chi connectivity index (χ2n) is 4.16. The number of methoxy groups -OCH3 is 1. The van der Waals surface area contributed by atoms with Crippen LogP contribution in [0, 0.1) is 0 Å². The van der Waals surface area contributed by atoms with Crippen LogP contribution < -0.4 is 5.32 Å². The van der Waals surface area contributed by atoms with Gasteiger partial charge in [-0.3, -0.25) is 4.79 Å². The van der Waals surface area contributed by atoms with Gasteiger partial charge in [0, 0.05) is 12.8 Å². The predicted octanol–water partition coefficient (Wildman–Crippen LogP) is 3.24. The number of rotatable bonds is 5. The molecule has 0 unspecified atom stereocenters. The third-order valence-electron chi connectivity index (χ3n) is 2.82. The SMILES string of the molecule is CCc1ccccc1NC(=O)c1ccc(COC)o1. The first-order valence-corrected chi connectivity index (χ1v) is 6.21. The molecule has 2 rings (SSSR count). The molecule has 19 heavy (non-hydrogen) atoms. The van der Waals surface area contributed by atoms with E-state index in [1.54, 1.807) is 19.2 Å². The van der Waals surface area contributed by atoms with Crippen LogP contribution >= 0.6 is 0 Å². The van der Waals surface area contributed by atoms with Crippen LogP contribution in [0.2, 0.25) is 0 Å². The number of anilines is 1. The molecule has 2 aromatic rings. The lowest BCUT2D eigenvalue weighted by atomic mass is 10.1. The minimum Gasteiger partial charge on any atom is -0.453 e. The highest BCUT2D eigenvalue weighted by atomic mass is 16.5. The van der Waals surface area contributed by atoms with E-state index >= 15 is 0 Å². The molecular weight excluding hydrogens is 242 g/mol. The molecule has 0 aliphatic rings. The Labute approximate surface area is 112 Å². The molecule has 100 valence electrons. The van der Waals surface area contributed by atoms with Gasteiger partial charge < -0.3 is 14.5 Å². The smallest absolute Gasteiger partial charge is 0.291 e. The van der Waals surface area contributed by atoms with Crippen molar-refractivity contribution >= 4 is 11.6 Å². The molecule has 1 amide bonds. The van der Waals surface area contributed by atoms with E-state index in [-0.39, 0.29) is 11.7 Å². The van der Waals surface area contributed by atoms with Gasteiger partial charge in [-0.25, -0.2) is 0 Å². The van der Waals surface area contributed by atoms with Crippen molar-refractivity contribution in [2.45, 2.75) is 20.0 Å². The number of nitrogens with one attached hydrogen (secondary N) is 1. The van der Waals surface area contributed by atoms with Crippen LogP contribution in [0.5, 0.6) is 0 Å². The lowest BCUT2D eigenvalue weighted by Gasteiger charge is -2.08. The van der Waals surface area contributed by atoms with Gasteiger partial charge in [-0.15, -0.1) is 0 Å². The third kappa shape index (κ3) is 3.23.